The number of ether oxygens (including phenoxy) is 1. The van der Waals surface area contributed by atoms with E-state index in [4.69, 9.17) is 4.74 Å². The van der Waals surface area contributed by atoms with Crippen molar-refractivity contribution in [1.29, 1.82) is 0 Å². The quantitative estimate of drug-likeness (QED) is 0.494. The summed E-state index contributed by atoms with van der Waals surface area (Å²) in [7, 11) is 0. The second kappa shape index (κ2) is 6.99. The molecular weight excluding hydrogens is 330 g/mol. The summed E-state index contributed by atoms with van der Waals surface area (Å²) < 4.78 is 5.89. The summed E-state index contributed by atoms with van der Waals surface area (Å²) in [5.41, 5.74) is 4.11. The fraction of sp³-hybridized carbons (Fsp3) is 0.100. The highest BCUT2D eigenvalue weighted by Gasteiger charge is 2.07. The summed E-state index contributed by atoms with van der Waals surface area (Å²) in [6, 6.07) is 19.9. The van der Waals surface area contributed by atoms with Crippen LogP contribution in [0.3, 0.4) is 0 Å². The molecule has 1 N–H and O–H groups in total. The molecule has 4 nitrogen and oxygen atoms in total. The average molecular weight is 347 g/mol. The van der Waals surface area contributed by atoms with Crippen molar-refractivity contribution in [3.8, 4) is 11.5 Å². The number of aromatic nitrogens is 3. The van der Waals surface area contributed by atoms with Gasteiger partial charge in [0.1, 0.15) is 11.5 Å². The maximum Gasteiger partial charge on any atom is 0.178 e. The van der Waals surface area contributed by atoms with Gasteiger partial charge in [-0.15, -0.1) is 0 Å². The largest absolute Gasteiger partial charge is 0.457 e. The molecule has 0 atom stereocenters. The average Bonchev–Trinajstić information content (AvgIpc) is 3.06. The van der Waals surface area contributed by atoms with Crippen LogP contribution < -0.4 is 4.74 Å². The number of para-hydroxylation sites is 1. The number of fused-ring (bicyclic) bond motifs is 1. The topological polar surface area (TPSA) is 50.8 Å². The van der Waals surface area contributed by atoms with E-state index in [-0.39, 0.29) is 0 Å². The molecule has 5 heteroatoms. The van der Waals surface area contributed by atoms with Crippen molar-refractivity contribution in [3.63, 3.8) is 0 Å². The van der Waals surface area contributed by atoms with Gasteiger partial charge in [-0.1, -0.05) is 42.1 Å². The normalized spacial score (nSPS) is 10.9. The number of pyridine rings is 1. The zero-order valence-corrected chi connectivity index (χ0v) is 14.6. The van der Waals surface area contributed by atoms with E-state index in [9.17, 15) is 0 Å². The first-order valence-electron chi connectivity index (χ1n) is 8.04. The number of imidazole rings is 1. The summed E-state index contributed by atoms with van der Waals surface area (Å²) in [6.45, 7) is 2.06. The minimum absolute atomic E-state index is 0.767. The van der Waals surface area contributed by atoms with Crippen LogP contribution in [0.4, 0.5) is 0 Å². The standard InChI is InChI=1S/C20H17N3OS/c1-14-10-11-21-19-18(14)22-20(23-19)25-13-15-6-5-9-17(12-15)24-16-7-3-2-4-8-16/h2-12H,13H2,1H3,(H,21,22,23). The highest BCUT2D eigenvalue weighted by molar-refractivity contribution is 7.98. The van der Waals surface area contributed by atoms with Crippen LogP contribution in [0.2, 0.25) is 0 Å². The van der Waals surface area contributed by atoms with Crippen molar-refractivity contribution < 1.29 is 4.74 Å². The molecule has 2 heterocycles. The number of rotatable bonds is 5. The van der Waals surface area contributed by atoms with Crippen LogP contribution in [0.15, 0.2) is 72.0 Å². The number of nitrogens with one attached hydrogen (secondary N) is 1. The smallest absolute Gasteiger partial charge is 0.178 e. The van der Waals surface area contributed by atoms with E-state index in [0.29, 0.717) is 0 Å². The Kier molecular flexibility index (Phi) is 4.39. The number of benzene rings is 2. The van der Waals surface area contributed by atoms with Crippen molar-refractivity contribution in [2.45, 2.75) is 17.8 Å². The van der Waals surface area contributed by atoms with Gasteiger partial charge in [0.25, 0.3) is 0 Å². The third-order valence-electron chi connectivity index (χ3n) is 3.83. The van der Waals surface area contributed by atoms with Gasteiger partial charge < -0.3 is 9.72 Å². The first-order chi connectivity index (χ1) is 12.3. The van der Waals surface area contributed by atoms with Gasteiger partial charge in [0.2, 0.25) is 0 Å². The zero-order valence-electron chi connectivity index (χ0n) is 13.8. The van der Waals surface area contributed by atoms with E-state index >= 15 is 0 Å². The SMILES string of the molecule is Cc1ccnc2nc(SCc3cccc(Oc4ccccc4)c3)[nH]c12. The molecular formula is C20H17N3OS. The number of H-pyrrole nitrogens is 1. The highest BCUT2D eigenvalue weighted by atomic mass is 32.2. The van der Waals surface area contributed by atoms with E-state index in [2.05, 4.69) is 34.0 Å². The van der Waals surface area contributed by atoms with Gasteiger partial charge in [-0.05, 0) is 48.4 Å². The van der Waals surface area contributed by atoms with Crippen molar-refractivity contribution in [2.24, 2.45) is 0 Å². The Hall–Kier alpha value is -2.79. The predicted octanol–water partition coefficient (Wildman–Crippen LogP) is 5.35. The number of aryl methyl sites for hydroxylation is 1. The van der Waals surface area contributed by atoms with Crippen LogP contribution in [-0.2, 0) is 5.75 Å². The van der Waals surface area contributed by atoms with Gasteiger partial charge in [0, 0.05) is 11.9 Å². The van der Waals surface area contributed by atoms with Gasteiger partial charge in [0.15, 0.2) is 10.8 Å². The van der Waals surface area contributed by atoms with Crippen molar-refractivity contribution in [2.75, 3.05) is 0 Å². The molecule has 0 amide bonds. The van der Waals surface area contributed by atoms with E-state index in [1.807, 2.05) is 48.5 Å². The predicted molar refractivity (Wildman–Crippen MR) is 101 cm³/mol. The van der Waals surface area contributed by atoms with E-state index < -0.39 is 0 Å². The number of thioether (sulfide) groups is 1. The minimum atomic E-state index is 0.767. The lowest BCUT2D eigenvalue weighted by Gasteiger charge is -2.07. The Labute approximate surface area is 150 Å². The van der Waals surface area contributed by atoms with Gasteiger partial charge in [-0.3, -0.25) is 0 Å². The van der Waals surface area contributed by atoms with E-state index in [1.54, 1.807) is 18.0 Å². The van der Waals surface area contributed by atoms with E-state index in [0.717, 1.165) is 39.1 Å². The lowest BCUT2D eigenvalue weighted by molar-refractivity contribution is 0.482. The van der Waals surface area contributed by atoms with Crippen molar-refractivity contribution >= 4 is 22.9 Å². The molecule has 0 fully saturated rings. The molecule has 2 aromatic carbocycles. The molecule has 0 saturated heterocycles. The van der Waals surface area contributed by atoms with Gasteiger partial charge >= 0.3 is 0 Å². The molecule has 25 heavy (non-hydrogen) atoms. The van der Waals surface area contributed by atoms with Crippen LogP contribution in [-0.4, -0.2) is 15.0 Å². The van der Waals surface area contributed by atoms with Gasteiger partial charge in [-0.2, -0.15) is 0 Å². The monoisotopic (exact) mass is 347 g/mol. The first kappa shape index (κ1) is 15.7. The summed E-state index contributed by atoms with van der Waals surface area (Å²) in [5, 5.41) is 0.881. The Morgan fingerprint density at radius 3 is 2.68 bits per heavy atom. The summed E-state index contributed by atoms with van der Waals surface area (Å²) in [6.07, 6.45) is 1.79. The Balaban J connectivity index is 1.47. The number of nitrogens with zero attached hydrogens (tertiary/aromatic N) is 2. The Morgan fingerprint density at radius 1 is 1.00 bits per heavy atom. The third kappa shape index (κ3) is 3.67. The molecule has 2 aromatic heterocycles. The summed E-state index contributed by atoms with van der Waals surface area (Å²) in [5.74, 6) is 2.49. The first-order valence-corrected chi connectivity index (χ1v) is 9.02. The van der Waals surface area contributed by atoms with Crippen LogP contribution >= 0.6 is 11.8 Å². The van der Waals surface area contributed by atoms with Crippen LogP contribution in [0.5, 0.6) is 11.5 Å². The third-order valence-corrected chi connectivity index (χ3v) is 4.78. The molecule has 4 aromatic rings. The molecule has 0 unspecified atom stereocenters. The molecule has 0 radical (unpaired) electrons. The van der Waals surface area contributed by atoms with Crippen molar-refractivity contribution in [1.82, 2.24) is 15.0 Å². The number of hydrogen-bond donors (Lipinski definition) is 1. The molecule has 0 saturated carbocycles. The van der Waals surface area contributed by atoms with Crippen LogP contribution in [0.25, 0.3) is 11.2 Å². The molecule has 0 aliphatic carbocycles. The molecule has 0 aliphatic rings. The number of hydrogen-bond acceptors (Lipinski definition) is 4. The van der Waals surface area contributed by atoms with Crippen LogP contribution in [0, 0.1) is 6.92 Å². The van der Waals surface area contributed by atoms with E-state index in [1.165, 1.54) is 5.56 Å². The highest BCUT2D eigenvalue weighted by Crippen LogP contribution is 2.27. The second-order valence-electron chi connectivity index (χ2n) is 5.72. The second-order valence-corrected chi connectivity index (χ2v) is 6.68. The maximum absolute atomic E-state index is 5.89. The fourth-order valence-electron chi connectivity index (χ4n) is 2.56. The molecule has 0 bridgehead atoms. The summed E-state index contributed by atoms with van der Waals surface area (Å²) >= 11 is 1.66. The van der Waals surface area contributed by atoms with Crippen molar-refractivity contribution in [3.05, 3.63) is 78.0 Å². The molecule has 4 rings (SSSR count). The minimum Gasteiger partial charge on any atom is -0.457 e. The van der Waals surface area contributed by atoms with Gasteiger partial charge in [0.05, 0.1) is 5.52 Å². The Bertz CT molecular complexity index is 998. The molecule has 124 valence electrons. The Morgan fingerprint density at radius 2 is 1.84 bits per heavy atom. The van der Waals surface area contributed by atoms with Crippen LogP contribution in [0.1, 0.15) is 11.1 Å². The maximum atomic E-state index is 5.89. The lowest BCUT2D eigenvalue weighted by atomic mass is 10.2. The molecule has 0 aliphatic heterocycles. The number of aromatic amines is 1. The summed E-state index contributed by atoms with van der Waals surface area (Å²) in [4.78, 5) is 12.2. The van der Waals surface area contributed by atoms with Gasteiger partial charge in [-0.25, -0.2) is 9.97 Å². The fourth-order valence-corrected chi connectivity index (χ4v) is 3.37. The lowest BCUT2D eigenvalue weighted by Crippen LogP contribution is -1.86. The molecule has 0 spiro atoms. The zero-order chi connectivity index (χ0) is 17.1.